The monoisotopic (exact) mass is 263 g/mol. The smallest absolute Gasteiger partial charge is 0.103 e. The van der Waals surface area contributed by atoms with Gasteiger partial charge in [0.2, 0.25) is 0 Å². The Morgan fingerprint density at radius 1 is 1.21 bits per heavy atom. The summed E-state index contributed by atoms with van der Waals surface area (Å²) < 4.78 is 5.39. The first-order chi connectivity index (χ1) is 9.25. The van der Waals surface area contributed by atoms with Crippen LogP contribution in [0.2, 0.25) is 0 Å². The van der Waals surface area contributed by atoms with Crippen LogP contribution in [0.15, 0.2) is 22.8 Å². The third-order valence-corrected chi connectivity index (χ3v) is 4.56. The molecule has 0 amide bonds. The Kier molecular flexibility index (Phi) is 5.96. The van der Waals surface area contributed by atoms with Crippen LogP contribution < -0.4 is 5.32 Å². The van der Waals surface area contributed by atoms with Crippen LogP contribution in [-0.2, 0) is 6.42 Å². The van der Waals surface area contributed by atoms with Gasteiger partial charge in [-0.3, -0.25) is 0 Å². The average Bonchev–Trinajstić information content (AvgIpc) is 2.76. The zero-order valence-corrected chi connectivity index (χ0v) is 12.5. The van der Waals surface area contributed by atoms with Crippen molar-refractivity contribution in [1.29, 1.82) is 0 Å². The lowest BCUT2D eigenvalue weighted by Crippen LogP contribution is -2.39. The summed E-state index contributed by atoms with van der Waals surface area (Å²) in [6.45, 7) is 4.68. The zero-order chi connectivity index (χ0) is 13.5. The van der Waals surface area contributed by atoms with Crippen molar-refractivity contribution >= 4 is 0 Å². The predicted octanol–water partition coefficient (Wildman–Crippen LogP) is 4.55. The van der Waals surface area contributed by atoms with Crippen LogP contribution >= 0.6 is 0 Å². The highest BCUT2D eigenvalue weighted by molar-refractivity contribution is 4.98. The SMILES string of the molecule is CC(CCc1ccco1)N[C@H](C)C1CCCCCC1. The molecule has 0 aromatic carbocycles. The van der Waals surface area contributed by atoms with Gasteiger partial charge in [0.15, 0.2) is 0 Å². The van der Waals surface area contributed by atoms with Gasteiger partial charge in [-0.05, 0) is 51.2 Å². The number of nitrogens with one attached hydrogen (secondary N) is 1. The van der Waals surface area contributed by atoms with Gasteiger partial charge in [0, 0.05) is 18.5 Å². The number of aryl methyl sites for hydroxylation is 1. The molecule has 2 rings (SSSR count). The van der Waals surface area contributed by atoms with Gasteiger partial charge in [0.05, 0.1) is 6.26 Å². The fourth-order valence-electron chi connectivity index (χ4n) is 3.29. The van der Waals surface area contributed by atoms with Crippen molar-refractivity contribution in [1.82, 2.24) is 5.32 Å². The van der Waals surface area contributed by atoms with Crippen molar-refractivity contribution in [3.05, 3.63) is 24.2 Å². The number of hydrogen-bond acceptors (Lipinski definition) is 2. The molecule has 19 heavy (non-hydrogen) atoms. The van der Waals surface area contributed by atoms with E-state index >= 15 is 0 Å². The van der Waals surface area contributed by atoms with E-state index in [1.54, 1.807) is 6.26 Å². The first-order valence-corrected chi connectivity index (χ1v) is 8.04. The lowest BCUT2D eigenvalue weighted by atomic mass is 9.92. The van der Waals surface area contributed by atoms with Gasteiger partial charge in [0.1, 0.15) is 5.76 Å². The molecule has 0 bridgehead atoms. The molecule has 0 saturated heterocycles. The number of furan rings is 1. The summed E-state index contributed by atoms with van der Waals surface area (Å²) in [5, 5.41) is 3.80. The van der Waals surface area contributed by atoms with E-state index in [1.807, 2.05) is 6.07 Å². The van der Waals surface area contributed by atoms with Crippen molar-refractivity contribution in [2.45, 2.75) is 77.3 Å². The Balaban J connectivity index is 1.69. The third kappa shape index (κ3) is 5.02. The Bertz CT molecular complexity index is 325. The Hall–Kier alpha value is -0.760. The van der Waals surface area contributed by atoms with Gasteiger partial charge in [0.25, 0.3) is 0 Å². The van der Waals surface area contributed by atoms with Gasteiger partial charge in [-0.25, -0.2) is 0 Å². The molecule has 1 fully saturated rings. The molecule has 108 valence electrons. The topological polar surface area (TPSA) is 25.2 Å². The molecule has 0 spiro atoms. The Morgan fingerprint density at radius 2 is 1.95 bits per heavy atom. The largest absolute Gasteiger partial charge is 0.469 e. The van der Waals surface area contributed by atoms with E-state index in [1.165, 1.54) is 38.5 Å². The van der Waals surface area contributed by atoms with Gasteiger partial charge < -0.3 is 9.73 Å². The minimum absolute atomic E-state index is 0.573. The van der Waals surface area contributed by atoms with Crippen molar-refractivity contribution < 1.29 is 4.42 Å². The third-order valence-electron chi connectivity index (χ3n) is 4.56. The molecule has 1 aliphatic carbocycles. The molecule has 1 aromatic rings. The normalized spacial score (nSPS) is 20.9. The molecule has 1 aliphatic rings. The molecule has 1 unspecified atom stereocenters. The van der Waals surface area contributed by atoms with Gasteiger partial charge >= 0.3 is 0 Å². The second-order valence-corrected chi connectivity index (χ2v) is 6.23. The van der Waals surface area contributed by atoms with E-state index in [9.17, 15) is 0 Å². The summed E-state index contributed by atoms with van der Waals surface area (Å²) in [5.74, 6) is 1.99. The lowest BCUT2D eigenvalue weighted by Gasteiger charge is -2.27. The van der Waals surface area contributed by atoms with Crippen molar-refractivity contribution in [2.24, 2.45) is 5.92 Å². The molecule has 2 atom stereocenters. The van der Waals surface area contributed by atoms with E-state index in [0.29, 0.717) is 12.1 Å². The van der Waals surface area contributed by atoms with Crippen LogP contribution in [0.4, 0.5) is 0 Å². The van der Waals surface area contributed by atoms with Crippen LogP contribution in [-0.4, -0.2) is 12.1 Å². The van der Waals surface area contributed by atoms with Crippen molar-refractivity contribution in [3.8, 4) is 0 Å². The van der Waals surface area contributed by atoms with Crippen molar-refractivity contribution in [2.75, 3.05) is 0 Å². The molecule has 2 heteroatoms. The second kappa shape index (κ2) is 7.74. The molecule has 0 aliphatic heterocycles. The number of rotatable bonds is 6. The highest BCUT2D eigenvalue weighted by Gasteiger charge is 2.20. The first kappa shape index (κ1) is 14.6. The molecule has 0 radical (unpaired) electrons. The van der Waals surface area contributed by atoms with E-state index in [-0.39, 0.29) is 0 Å². The van der Waals surface area contributed by atoms with Gasteiger partial charge in [-0.1, -0.05) is 25.7 Å². The standard InChI is InChI=1S/C17H29NO/c1-14(11-12-17-10-7-13-19-17)18-15(2)16-8-5-3-4-6-9-16/h7,10,13-16,18H,3-6,8-9,11-12H2,1-2H3/t14?,15-/m1/s1. The van der Waals surface area contributed by atoms with E-state index in [4.69, 9.17) is 4.42 Å². The van der Waals surface area contributed by atoms with Crippen LogP contribution in [0, 0.1) is 5.92 Å². The van der Waals surface area contributed by atoms with Crippen LogP contribution in [0.1, 0.15) is 64.6 Å². The molecule has 2 nitrogen and oxygen atoms in total. The van der Waals surface area contributed by atoms with Gasteiger partial charge in [-0.2, -0.15) is 0 Å². The quantitative estimate of drug-likeness (QED) is 0.762. The maximum Gasteiger partial charge on any atom is 0.103 e. The van der Waals surface area contributed by atoms with Crippen LogP contribution in [0.3, 0.4) is 0 Å². The second-order valence-electron chi connectivity index (χ2n) is 6.23. The van der Waals surface area contributed by atoms with E-state index in [2.05, 4.69) is 25.2 Å². The molecular formula is C17H29NO. The summed E-state index contributed by atoms with van der Waals surface area (Å²) in [6, 6.07) is 5.27. The molecule has 1 heterocycles. The number of hydrogen-bond donors (Lipinski definition) is 1. The fourth-order valence-corrected chi connectivity index (χ4v) is 3.29. The fraction of sp³-hybridized carbons (Fsp3) is 0.765. The van der Waals surface area contributed by atoms with Crippen molar-refractivity contribution in [3.63, 3.8) is 0 Å². The Labute approximate surface area is 118 Å². The summed E-state index contributed by atoms with van der Waals surface area (Å²) in [4.78, 5) is 0. The van der Waals surface area contributed by atoms with Gasteiger partial charge in [-0.15, -0.1) is 0 Å². The minimum Gasteiger partial charge on any atom is -0.469 e. The zero-order valence-electron chi connectivity index (χ0n) is 12.5. The van der Waals surface area contributed by atoms with E-state index in [0.717, 1.165) is 24.5 Å². The molecule has 1 aromatic heterocycles. The minimum atomic E-state index is 0.573. The predicted molar refractivity (Wildman–Crippen MR) is 80.3 cm³/mol. The first-order valence-electron chi connectivity index (χ1n) is 8.04. The summed E-state index contributed by atoms with van der Waals surface area (Å²) in [7, 11) is 0. The molecule has 1 saturated carbocycles. The maximum atomic E-state index is 5.39. The highest BCUT2D eigenvalue weighted by Crippen LogP contribution is 2.25. The lowest BCUT2D eigenvalue weighted by molar-refractivity contribution is 0.307. The van der Waals surface area contributed by atoms with E-state index < -0.39 is 0 Å². The molecule has 1 N–H and O–H groups in total. The summed E-state index contributed by atoms with van der Waals surface area (Å²) in [6.07, 6.45) is 12.5. The maximum absolute atomic E-state index is 5.39. The highest BCUT2D eigenvalue weighted by atomic mass is 16.3. The van der Waals surface area contributed by atoms with Crippen LogP contribution in [0.25, 0.3) is 0 Å². The summed E-state index contributed by atoms with van der Waals surface area (Å²) in [5.41, 5.74) is 0. The average molecular weight is 263 g/mol. The Morgan fingerprint density at radius 3 is 2.58 bits per heavy atom. The summed E-state index contributed by atoms with van der Waals surface area (Å²) >= 11 is 0. The van der Waals surface area contributed by atoms with Crippen LogP contribution in [0.5, 0.6) is 0 Å². The molecular weight excluding hydrogens is 234 g/mol.